The standard InChI is InChI=1S/C16H19NOS/c1-11(2)16(15-5-4-10-19-15)17-14-8-6-13(7-9-14)12(3)18/h4-11,16-17H,1-3H3. The van der Waals surface area contributed by atoms with Gasteiger partial charge in [0.05, 0.1) is 6.04 Å². The van der Waals surface area contributed by atoms with E-state index in [-0.39, 0.29) is 5.78 Å². The van der Waals surface area contributed by atoms with E-state index in [0.717, 1.165) is 11.3 Å². The van der Waals surface area contributed by atoms with Crippen LogP contribution in [0, 0.1) is 5.92 Å². The number of hydrogen-bond donors (Lipinski definition) is 1. The second-order valence-corrected chi connectivity index (χ2v) is 5.99. The van der Waals surface area contributed by atoms with Crippen LogP contribution in [-0.4, -0.2) is 5.78 Å². The maximum atomic E-state index is 11.3. The van der Waals surface area contributed by atoms with Crippen molar-refractivity contribution in [3.05, 3.63) is 52.2 Å². The molecule has 0 aliphatic rings. The summed E-state index contributed by atoms with van der Waals surface area (Å²) in [4.78, 5) is 12.6. The number of carbonyl (C=O) groups excluding carboxylic acids is 1. The molecule has 1 unspecified atom stereocenters. The van der Waals surface area contributed by atoms with E-state index in [0.29, 0.717) is 12.0 Å². The van der Waals surface area contributed by atoms with E-state index in [1.54, 1.807) is 18.3 Å². The van der Waals surface area contributed by atoms with Crippen LogP contribution in [0.4, 0.5) is 5.69 Å². The lowest BCUT2D eigenvalue weighted by molar-refractivity contribution is 0.101. The third-order valence-corrected chi connectivity index (χ3v) is 4.09. The number of hydrogen-bond acceptors (Lipinski definition) is 3. The van der Waals surface area contributed by atoms with E-state index >= 15 is 0 Å². The highest BCUT2D eigenvalue weighted by atomic mass is 32.1. The molecule has 0 saturated heterocycles. The van der Waals surface area contributed by atoms with Gasteiger partial charge < -0.3 is 5.32 Å². The molecule has 1 heterocycles. The predicted octanol–water partition coefficient (Wildman–Crippen LogP) is 4.76. The average molecular weight is 273 g/mol. The molecule has 0 saturated carbocycles. The summed E-state index contributed by atoms with van der Waals surface area (Å²) in [7, 11) is 0. The Hall–Kier alpha value is -1.61. The molecule has 3 heteroatoms. The van der Waals surface area contributed by atoms with E-state index < -0.39 is 0 Å². The third kappa shape index (κ3) is 3.44. The molecule has 1 atom stereocenters. The first kappa shape index (κ1) is 13.8. The SMILES string of the molecule is CC(=O)c1ccc(NC(c2cccs2)C(C)C)cc1. The van der Waals surface area contributed by atoms with Crippen molar-refractivity contribution in [1.82, 2.24) is 0 Å². The molecule has 2 nitrogen and oxygen atoms in total. The summed E-state index contributed by atoms with van der Waals surface area (Å²) in [6, 6.07) is 12.2. The smallest absolute Gasteiger partial charge is 0.159 e. The monoisotopic (exact) mass is 273 g/mol. The molecule has 0 spiro atoms. The Balaban J connectivity index is 2.16. The van der Waals surface area contributed by atoms with Crippen LogP contribution in [0.2, 0.25) is 0 Å². The first-order valence-corrected chi connectivity index (χ1v) is 7.37. The average Bonchev–Trinajstić information content (AvgIpc) is 2.89. The molecule has 1 aromatic carbocycles. The van der Waals surface area contributed by atoms with Crippen molar-refractivity contribution in [1.29, 1.82) is 0 Å². The Morgan fingerprint density at radius 2 is 1.84 bits per heavy atom. The maximum absolute atomic E-state index is 11.3. The highest BCUT2D eigenvalue weighted by Crippen LogP contribution is 2.29. The summed E-state index contributed by atoms with van der Waals surface area (Å²) < 4.78 is 0. The molecular formula is C16H19NOS. The van der Waals surface area contributed by atoms with Crippen LogP contribution in [0.3, 0.4) is 0 Å². The Kier molecular flexibility index (Phi) is 4.38. The number of carbonyl (C=O) groups is 1. The first-order valence-electron chi connectivity index (χ1n) is 6.49. The number of rotatable bonds is 5. The quantitative estimate of drug-likeness (QED) is 0.796. The van der Waals surface area contributed by atoms with Gasteiger partial charge in [-0.3, -0.25) is 4.79 Å². The van der Waals surface area contributed by atoms with Gasteiger partial charge in [0.15, 0.2) is 5.78 Å². The molecule has 0 aliphatic heterocycles. The Bertz CT molecular complexity index is 528. The molecule has 100 valence electrons. The summed E-state index contributed by atoms with van der Waals surface area (Å²) >= 11 is 1.77. The zero-order valence-electron chi connectivity index (χ0n) is 11.5. The molecule has 0 aliphatic carbocycles. The fourth-order valence-corrected chi connectivity index (χ4v) is 2.96. The highest BCUT2D eigenvalue weighted by molar-refractivity contribution is 7.10. The van der Waals surface area contributed by atoms with E-state index in [1.807, 2.05) is 24.3 Å². The van der Waals surface area contributed by atoms with Gasteiger partial charge in [-0.05, 0) is 48.6 Å². The predicted molar refractivity (Wildman–Crippen MR) is 82.0 cm³/mol. The van der Waals surface area contributed by atoms with Crippen LogP contribution < -0.4 is 5.32 Å². The van der Waals surface area contributed by atoms with E-state index in [9.17, 15) is 4.79 Å². The molecule has 1 N–H and O–H groups in total. The van der Waals surface area contributed by atoms with Crippen LogP contribution in [0.5, 0.6) is 0 Å². The van der Waals surface area contributed by atoms with Gasteiger partial charge in [-0.25, -0.2) is 0 Å². The van der Waals surface area contributed by atoms with Gasteiger partial charge in [0.2, 0.25) is 0 Å². The minimum absolute atomic E-state index is 0.102. The zero-order valence-corrected chi connectivity index (χ0v) is 12.3. The van der Waals surface area contributed by atoms with Crippen molar-refractivity contribution < 1.29 is 4.79 Å². The minimum atomic E-state index is 0.102. The van der Waals surface area contributed by atoms with Crippen LogP contribution in [0.25, 0.3) is 0 Å². The van der Waals surface area contributed by atoms with E-state index in [1.165, 1.54) is 4.88 Å². The van der Waals surface area contributed by atoms with Crippen molar-refractivity contribution in [3.63, 3.8) is 0 Å². The van der Waals surface area contributed by atoms with Gasteiger partial charge in [-0.1, -0.05) is 19.9 Å². The van der Waals surface area contributed by atoms with Crippen molar-refractivity contribution in [2.75, 3.05) is 5.32 Å². The summed E-state index contributed by atoms with van der Waals surface area (Å²) in [6.07, 6.45) is 0. The topological polar surface area (TPSA) is 29.1 Å². The van der Waals surface area contributed by atoms with Crippen molar-refractivity contribution >= 4 is 22.8 Å². The molecule has 0 amide bonds. The van der Waals surface area contributed by atoms with E-state index in [4.69, 9.17) is 0 Å². The van der Waals surface area contributed by atoms with Crippen LogP contribution in [0.1, 0.15) is 42.0 Å². The van der Waals surface area contributed by atoms with E-state index in [2.05, 4.69) is 36.7 Å². The molecular weight excluding hydrogens is 254 g/mol. The summed E-state index contributed by atoms with van der Waals surface area (Å²) in [5.41, 5.74) is 1.81. The third-order valence-electron chi connectivity index (χ3n) is 3.13. The fourth-order valence-electron chi connectivity index (χ4n) is 2.02. The van der Waals surface area contributed by atoms with Gasteiger partial charge in [0, 0.05) is 16.1 Å². The molecule has 2 rings (SSSR count). The lowest BCUT2D eigenvalue weighted by atomic mass is 10.0. The number of nitrogens with one attached hydrogen (secondary N) is 1. The Labute approximate surface area is 118 Å². The minimum Gasteiger partial charge on any atom is -0.377 e. The summed E-state index contributed by atoms with van der Waals surface area (Å²) in [6.45, 7) is 6.01. The lowest BCUT2D eigenvalue weighted by Gasteiger charge is -2.22. The van der Waals surface area contributed by atoms with Crippen molar-refractivity contribution in [2.24, 2.45) is 5.92 Å². The second kappa shape index (κ2) is 6.02. The fraction of sp³-hybridized carbons (Fsp3) is 0.312. The number of Topliss-reactive ketones (excluding diaryl/α,β-unsaturated/α-hetero) is 1. The molecule has 0 radical (unpaired) electrons. The molecule has 2 aromatic rings. The van der Waals surface area contributed by atoms with Gasteiger partial charge in [0.25, 0.3) is 0 Å². The van der Waals surface area contributed by atoms with Gasteiger partial charge in [0.1, 0.15) is 0 Å². The Morgan fingerprint density at radius 3 is 2.32 bits per heavy atom. The van der Waals surface area contributed by atoms with Crippen LogP contribution in [-0.2, 0) is 0 Å². The summed E-state index contributed by atoms with van der Waals surface area (Å²) in [5.74, 6) is 0.608. The lowest BCUT2D eigenvalue weighted by Crippen LogP contribution is -2.15. The Morgan fingerprint density at radius 1 is 1.16 bits per heavy atom. The summed E-state index contributed by atoms with van der Waals surface area (Å²) in [5, 5.41) is 5.65. The second-order valence-electron chi connectivity index (χ2n) is 5.01. The molecule has 1 aromatic heterocycles. The van der Waals surface area contributed by atoms with Crippen LogP contribution >= 0.6 is 11.3 Å². The highest BCUT2D eigenvalue weighted by Gasteiger charge is 2.16. The molecule has 0 bridgehead atoms. The largest absolute Gasteiger partial charge is 0.377 e. The number of anilines is 1. The normalized spacial score (nSPS) is 12.4. The van der Waals surface area contributed by atoms with Crippen molar-refractivity contribution in [3.8, 4) is 0 Å². The molecule has 0 fully saturated rings. The number of thiophene rings is 1. The first-order chi connectivity index (χ1) is 9.08. The maximum Gasteiger partial charge on any atom is 0.159 e. The zero-order chi connectivity index (χ0) is 13.8. The number of ketones is 1. The molecule has 19 heavy (non-hydrogen) atoms. The van der Waals surface area contributed by atoms with Crippen LogP contribution in [0.15, 0.2) is 41.8 Å². The van der Waals surface area contributed by atoms with Gasteiger partial charge in [-0.15, -0.1) is 11.3 Å². The van der Waals surface area contributed by atoms with Gasteiger partial charge >= 0.3 is 0 Å². The van der Waals surface area contributed by atoms with Crippen molar-refractivity contribution in [2.45, 2.75) is 26.8 Å². The van der Waals surface area contributed by atoms with Gasteiger partial charge in [-0.2, -0.15) is 0 Å². The number of benzene rings is 1.